The van der Waals surface area contributed by atoms with E-state index in [2.05, 4.69) is 41.5 Å². The molecule has 0 saturated heterocycles. The number of hydrogen-bond donors (Lipinski definition) is 0. The average molecular weight is 163 g/mol. The van der Waals surface area contributed by atoms with E-state index in [1.165, 1.54) is 0 Å². The van der Waals surface area contributed by atoms with Crippen LogP contribution in [0, 0.1) is 0 Å². The van der Waals surface area contributed by atoms with Crippen LogP contribution in [-0.2, 0) is 0 Å². The van der Waals surface area contributed by atoms with Crippen LogP contribution in [0.2, 0.25) is 0 Å². The van der Waals surface area contributed by atoms with Gasteiger partial charge in [0.1, 0.15) is 0 Å². The average Bonchev–Trinajstić information content (AvgIpc) is 1.86. The third-order valence-corrected chi connectivity index (χ3v) is 2.34. The SMILES string of the molecule is CCC(C)(C)[N-]C(C)(C)CC.[Li+]. The molecule has 0 radical (unpaired) electrons. The molecule has 0 unspecified atom stereocenters. The van der Waals surface area contributed by atoms with Crippen LogP contribution >= 0.6 is 0 Å². The van der Waals surface area contributed by atoms with Gasteiger partial charge in [0.25, 0.3) is 0 Å². The van der Waals surface area contributed by atoms with E-state index in [-0.39, 0.29) is 29.9 Å². The minimum absolute atomic E-state index is 0. The molecule has 1 nitrogen and oxygen atoms in total. The summed E-state index contributed by atoms with van der Waals surface area (Å²) >= 11 is 0. The normalized spacial score (nSPS) is 12.5. The Balaban J connectivity index is 0. The van der Waals surface area contributed by atoms with Crippen LogP contribution in [0.25, 0.3) is 5.32 Å². The smallest absolute Gasteiger partial charge is 0.652 e. The molecule has 0 N–H and O–H groups in total. The Kier molecular flexibility index (Phi) is 6.67. The van der Waals surface area contributed by atoms with Crippen molar-refractivity contribution in [3.05, 3.63) is 5.32 Å². The Morgan fingerprint density at radius 2 is 1.08 bits per heavy atom. The van der Waals surface area contributed by atoms with Crippen molar-refractivity contribution in [2.45, 2.75) is 65.5 Å². The van der Waals surface area contributed by atoms with E-state index in [0.717, 1.165) is 12.8 Å². The zero-order chi connectivity index (χ0) is 9.12. The van der Waals surface area contributed by atoms with Crippen LogP contribution < -0.4 is 18.9 Å². The minimum atomic E-state index is 0. The van der Waals surface area contributed by atoms with E-state index in [4.69, 9.17) is 5.32 Å². The molecule has 0 heterocycles. The van der Waals surface area contributed by atoms with Crippen LogP contribution in [0.3, 0.4) is 0 Å². The van der Waals surface area contributed by atoms with Crippen LogP contribution in [-0.4, -0.2) is 11.1 Å². The van der Waals surface area contributed by atoms with Crippen molar-refractivity contribution in [1.82, 2.24) is 0 Å². The maximum absolute atomic E-state index is 4.78. The second-order valence-electron chi connectivity index (χ2n) is 4.44. The molecule has 2 heteroatoms. The van der Waals surface area contributed by atoms with E-state index in [1.54, 1.807) is 0 Å². The molecule has 0 aromatic rings. The Hall–Kier alpha value is 0.557. The maximum Gasteiger partial charge on any atom is 1.00 e. The van der Waals surface area contributed by atoms with Crippen LogP contribution in [0.1, 0.15) is 54.4 Å². The summed E-state index contributed by atoms with van der Waals surface area (Å²) in [6, 6.07) is 0. The van der Waals surface area contributed by atoms with Gasteiger partial charge in [0, 0.05) is 0 Å². The van der Waals surface area contributed by atoms with Crippen molar-refractivity contribution in [2.24, 2.45) is 0 Å². The summed E-state index contributed by atoms with van der Waals surface area (Å²) in [4.78, 5) is 0. The van der Waals surface area contributed by atoms with E-state index in [0.29, 0.717) is 0 Å². The van der Waals surface area contributed by atoms with Gasteiger partial charge in [0.2, 0.25) is 0 Å². The predicted molar refractivity (Wildman–Crippen MR) is 52.1 cm³/mol. The van der Waals surface area contributed by atoms with Crippen molar-refractivity contribution in [2.75, 3.05) is 0 Å². The first-order valence-electron chi connectivity index (χ1n) is 4.57. The van der Waals surface area contributed by atoms with E-state index in [1.807, 2.05) is 0 Å². The van der Waals surface area contributed by atoms with Crippen molar-refractivity contribution in [3.8, 4) is 0 Å². The third kappa shape index (κ3) is 6.12. The summed E-state index contributed by atoms with van der Waals surface area (Å²) < 4.78 is 0. The molecule has 0 aliphatic carbocycles. The first-order chi connectivity index (χ1) is 4.83. The van der Waals surface area contributed by atoms with Gasteiger partial charge in [-0.3, -0.25) is 0 Å². The summed E-state index contributed by atoms with van der Waals surface area (Å²) in [7, 11) is 0. The van der Waals surface area contributed by atoms with Gasteiger partial charge in [0.05, 0.1) is 0 Å². The molecule has 0 aromatic heterocycles. The molecule has 0 atom stereocenters. The zero-order valence-electron chi connectivity index (χ0n) is 9.86. The molecule has 68 valence electrons. The van der Waals surface area contributed by atoms with Gasteiger partial charge in [0.15, 0.2) is 0 Å². The molecule has 0 amide bonds. The van der Waals surface area contributed by atoms with Gasteiger partial charge in [-0.15, -0.1) is 11.1 Å². The predicted octanol–water partition coefficient (Wildman–Crippen LogP) is 0.741. The quantitative estimate of drug-likeness (QED) is 0.543. The van der Waals surface area contributed by atoms with Crippen LogP contribution in [0.5, 0.6) is 0 Å². The van der Waals surface area contributed by atoms with Gasteiger partial charge in [-0.2, -0.15) is 0 Å². The second kappa shape index (κ2) is 5.32. The summed E-state index contributed by atoms with van der Waals surface area (Å²) in [6.45, 7) is 13.2. The van der Waals surface area contributed by atoms with Gasteiger partial charge < -0.3 is 5.32 Å². The summed E-state index contributed by atoms with van der Waals surface area (Å²) in [6.07, 6.45) is 2.24. The molecule has 12 heavy (non-hydrogen) atoms. The molecule has 0 spiro atoms. The topological polar surface area (TPSA) is 14.1 Å². The number of hydrogen-bond acceptors (Lipinski definition) is 0. The van der Waals surface area contributed by atoms with E-state index < -0.39 is 0 Å². The summed E-state index contributed by atoms with van der Waals surface area (Å²) in [5.74, 6) is 0. The molecule has 0 aliphatic heterocycles. The fraction of sp³-hybridized carbons (Fsp3) is 1.00. The molecule has 0 aromatic carbocycles. The zero-order valence-corrected chi connectivity index (χ0v) is 9.86. The van der Waals surface area contributed by atoms with Crippen LogP contribution in [0.4, 0.5) is 0 Å². The van der Waals surface area contributed by atoms with Gasteiger partial charge in [-0.05, 0) is 0 Å². The number of rotatable bonds is 4. The Morgan fingerprint density at radius 3 is 1.25 bits per heavy atom. The van der Waals surface area contributed by atoms with Crippen molar-refractivity contribution in [3.63, 3.8) is 0 Å². The fourth-order valence-corrected chi connectivity index (χ4v) is 0.977. The van der Waals surface area contributed by atoms with Crippen molar-refractivity contribution < 1.29 is 18.9 Å². The second-order valence-corrected chi connectivity index (χ2v) is 4.44. The molecular formula is C10H22LiN. The van der Waals surface area contributed by atoms with Gasteiger partial charge in [-0.25, -0.2) is 0 Å². The summed E-state index contributed by atoms with van der Waals surface area (Å²) in [5, 5.41) is 4.78. The number of nitrogens with zero attached hydrogens (tertiary/aromatic N) is 1. The van der Waals surface area contributed by atoms with E-state index >= 15 is 0 Å². The Bertz CT molecular complexity index is 105. The van der Waals surface area contributed by atoms with Gasteiger partial charge in [-0.1, -0.05) is 54.4 Å². The Morgan fingerprint density at radius 1 is 0.833 bits per heavy atom. The van der Waals surface area contributed by atoms with E-state index in [9.17, 15) is 0 Å². The first-order valence-corrected chi connectivity index (χ1v) is 4.57. The van der Waals surface area contributed by atoms with Crippen LogP contribution in [0.15, 0.2) is 0 Å². The molecule has 0 saturated carbocycles. The maximum atomic E-state index is 4.78. The Labute approximate surface area is 89.9 Å². The fourth-order valence-electron chi connectivity index (χ4n) is 0.977. The minimum Gasteiger partial charge on any atom is -0.652 e. The molecule has 0 bridgehead atoms. The van der Waals surface area contributed by atoms with Gasteiger partial charge >= 0.3 is 18.9 Å². The molecule has 0 fully saturated rings. The van der Waals surface area contributed by atoms with Crippen molar-refractivity contribution >= 4 is 0 Å². The third-order valence-electron chi connectivity index (χ3n) is 2.34. The van der Waals surface area contributed by atoms with Crippen molar-refractivity contribution in [1.29, 1.82) is 0 Å². The molecule has 0 aliphatic rings. The first kappa shape index (κ1) is 15.0. The molecular weight excluding hydrogens is 141 g/mol. The summed E-state index contributed by atoms with van der Waals surface area (Å²) in [5.41, 5.74) is 0.305. The monoisotopic (exact) mass is 163 g/mol. The standard InChI is InChI=1S/C10H22N.Li/c1-7-9(3,4)11-10(5,6)8-2;/h7-8H2,1-6H3;/q-1;+1. The largest absolute Gasteiger partial charge is 1.00 e. The molecule has 0 rings (SSSR count).